The van der Waals surface area contributed by atoms with E-state index in [4.69, 9.17) is 16.5 Å². The first-order valence-corrected chi connectivity index (χ1v) is 13.8. The maximum absolute atomic E-state index is 13.8. The third kappa shape index (κ3) is 6.05. The first-order valence-electron chi connectivity index (χ1n) is 12.9. The second-order valence-corrected chi connectivity index (χ2v) is 13.0. The molecule has 1 atom stereocenters. The van der Waals surface area contributed by atoms with Gasteiger partial charge in [-0.15, -0.1) is 23.7 Å². The topological polar surface area (TPSA) is 114 Å². The molecule has 2 aromatic carbocycles. The number of nitrogens with two attached hydrogens (primary N) is 2. The molecule has 1 unspecified atom stereocenters. The third-order valence-electron chi connectivity index (χ3n) is 6.93. The number of thiophene rings is 1. The number of carbonyl (C=O) groups excluding carboxylic acids is 1. The lowest BCUT2D eigenvalue weighted by atomic mass is 9.78. The van der Waals surface area contributed by atoms with Crippen LogP contribution in [0.5, 0.6) is 5.75 Å². The van der Waals surface area contributed by atoms with Gasteiger partial charge in [0.2, 0.25) is 5.84 Å². The minimum atomic E-state index is -0.287. The van der Waals surface area contributed by atoms with Crippen molar-refractivity contribution in [2.75, 3.05) is 13.6 Å². The number of phenols is 1. The molecule has 1 amide bonds. The molecular weight excluding hydrogens is 542 g/mol. The van der Waals surface area contributed by atoms with Crippen LogP contribution in [0, 0.1) is 0 Å². The number of aromatic hydroxyl groups is 1. The van der Waals surface area contributed by atoms with E-state index in [1.54, 1.807) is 31.3 Å². The summed E-state index contributed by atoms with van der Waals surface area (Å²) in [6.07, 6.45) is 1.84. The van der Waals surface area contributed by atoms with Crippen LogP contribution in [0.25, 0.3) is 5.70 Å². The SMILES string of the molecule is CC(C)(C)c1cc(C2=C[N+](C)(C(=O)c3ccc(N=C(N)c4cccs4)cc3)C(CN)=N2)cc(C(C)(C)C)c1O.Cl. The Kier molecular flexibility index (Phi) is 8.82. The Labute approximate surface area is 247 Å². The van der Waals surface area contributed by atoms with Crippen molar-refractivity contribution in [1.82, 2.24) is 0 Å². The number of benzene rings is 2. The summed E-state index contributed by atoms with van der Waals surface area (Å²) >= 11 is 1.52. The molecule has 3 aromatic rings. The number of quaternary nitrogens is 1. The molecule has 0 saturated carbocycles. The van der Waals surface area contributed by atoms with E-state index in [1.807, 2.05) is 35.8 Å². The number of likely N-dealkylation sites (N-methyl/N-ethyl adjacent to an activating group) is 1. The van der Waals surface area contributed by atoms with Crippen molar-refractivity contribution in [3.05, 3.63) is 87.2 Å². The summed E-state index contributed by atoms with van der Waals surface area (Å²) in [5.41, 5.74) is 16.0. The van der Waals surface area contributed by atoms with Gasteiger partial charge in [-0.3, -0.25) is 0 Å². The monoisotopic (exact) mass is 580 g/mol. The van der Waals surface area contributed by atoms with E-state index in [-0.39, 0.29) is 40.2 Å². The molecule has 212 valence electrons. The molecule has 1 aliphatic rings. The van der Waals surface area contributed by atoms with Crippen LogP contribution in [0.4, 0.5) is 5.69 Å². The van der Waals surface area contributed by atoms with Crippen molar-refractivity contribution in [2.45, 2.75) is 52.4 Å². The van der Waals surface area contributed by atoms with Crippen molar-refractivity contribution >= 4 is 52.7 Å². The number of carbonyl (C=O) groups is 1. The lowest BCUT2D eigenvalue weighted by Crippen LogP contribution is -2.50. The van der Waals surface area contributed by atoms with Crippen LogP contribution in [0.3, 0.4) is 0 Å². The Bertz CT molecular complexity index is 1460. The predicted octanol–water partition coefficient (Wildman–Crippen LogP) is 6.46. The van der Waals surface area contributed by atoms with Gasteiger partial charge in [0, 0.05) is 16.7 Å². The highest BCUT2D eigenvalue weighted by Gasteiger charge is 2.42. The third-order valence-corrected chi connectivity index (χ3v) is 7.82. The van der Waals surface area contributed by atoms with Crippen LogP contribution in [0.1, 0.15) is 73.5 Å². The van der Waals surface area contributed by atoms with Gasteiger partial charge in [-0.25, -0.2) is 9.79 Å². The Hall–Kier alpha value is -3.30. The lowest BCUT2D eigenvalue weighted by molar-refractivity contribution is -0.672. The van der Waals surface area contributed by atoms with Crippen molar-refractivity contribution in [2.24, 2.45) is 21.5 Å². The van der Waals surface area contributed by atoms with Gasteiger partial charge in [0.05, 0.1) is 29.7 Å². The summed E-state index contributed by atoms with van der Waals surface area (Å²) in [4.78, 5) is 24.0. The van der Waals surface area contributed by atoms with Crippen LogP contribution in [0.15, 0.2) is 70.1 Å². The molecule has 1 aliphatic heterocycles. The number of halogens is 1. The predicted molar refractivity (Wildman–Crippen MR) is 169 cm³/mol. The van der Waals surface area contributed by atoms with Crippen LogP contribution in [-0.4, -0.2) is 40.8 Å². The van der Waals surface area contributed by atoms with E-state index in [0.29, 0.717) is 34.4 Å². The first-order chi connectivity index (χ1) is 18.1. The van der Waals surface area contributed by atoms with Crippen LogP contribution >= 0.6 is 23.7 Å². The van der Waals surface area contributed by atoms with Crippen LogP contribution in [-0.2, 0) is 10.8 Å². The van der Waals surface area contributed by atoms with Gasteiger partial charge in [-0.1, -0.05) is 47.6 Å². The normalized spacial score (nSPS) is 17.8. The molecule has 0 aliphatic carbocycles. The number of amidine groups is 2. The van der Waals surface area contributed by atoms with E-state index >= 15 is 0 Å². The van der Waals surface area contributed by atoms with Crippen LogP contribution < -0.4 is 11.5 Å². The summed E-state index contributed by atoms with van der Waals surface area (Å²) in [6.45, 7) is 12.5. The van der Waals surface area contributed by atoms with Gasteiger partial charge in [0.15, 0.2) is 0 Å². The van der Waals surface area contributed by atoms with Crippen molar-refractivity contribution in [3.8, 4) is 5.75 Å². The van der Waals surface area contributed by atoms with E-state index in [2.05, 4.69) is 46.5 Å². The maximum atomic E-state index is 13.8. The van der Waals surface area contributed by atoms with Gasteiger partial charge >= 0.3 is 5.91 Å². The molecule has 0 fully saturated rings. The standard InChI is InChI=1S/C31H37N5O2S.ClH/c1-30(2,3)22-15-20(16-23(27(22)37)31(4,5)6)24-18-36(7,26(17-32)35-24)29(38)19-10-12-21(13-11-19)34-28(33)25-9-8-14-39-25;/h8-16,18H,17,32H2,1-7H3,(H2-,33,34,37,38);1H/p+1. The number of nitrogens with zero attached hydrogens (tertiary/aromatic N) is 3. The van der Waals surface area contributed by atoms with Crippen molar-refractivity contribution in [1.29, 1.82) is 0 Å². The van der Waals surface area contributed by atoms with E-state index < -0.39 is 0 Å². The molecule has 40 heavy (non-hydrogen) atoms. The minimum absolute atomic E-state index is 0. The Morgan fingerprint density at radius 3 is 2.08 bits per heavy atom. The Morgan fingerprint density at radius 2 is 1.60 bits per heavy atom. The number of rotatable bonds is 5. The zero-order chi connectivity index (χ0) is 28.8. The molecule has 7 nitrogen and oxygen atoms in total. The van der Waals surface area contributed by atoms with Crippen molar-refractivity contribution < 1.29 is 14.4 Å². The lowest BCUT2D eigenvalue weighted by Gasteiger charge is -2.28. The zero-order valence-electron chi connectivity index (χ0n) is 24.1. The summed E-state index contributed by atoms with van der Waals surface area (Å²) in [6, 6.07) is 14.9. The summed E-state index contributed by atoms with van der Waals surface area (Å²) in [5.74, 6) is 1.13. The highest BCUT2D eigenvalue weighted by Crippen LogP contribution is 2.42. The second-order valence-electron chi connectivity index (χ2n) is 12.1. The summed E-state index contributed by atoms with van der Waals surface area (Å²) in [7, 11) is 1.80. The van der Waals surface area contributed by atoms with Gasteiger partial charge in [-0.05, 0) is 58.7 Å². The van der Waals surface area contributed by atoms with Gasteiger partial charge in [0.25, 0.3) is 0 Å². The highest BCUT2D eigenvalue weighted by molar-refractivity contribution is 7.12. The number of aliphatic imine (C=N–C) groups is 2. The fourth-order valence-corrected chi connectivity index (χ4v) is 5.26. The molecule has 0 bridgehead atoms. The largest absolute Gasteiger partial charge is 0.507 e. The summed E-state index contributed by atoms with van der Waals surface area (Å²) < 4.78 is -0.164. The zero-order valence-corrected chi connectivity index (χ0v) is 25.8. The molecule has 0 saturated heterocycles. The number of amides is 1. The number of phenolic OH excluding ortho intramolecular Hbond substituents is 1. The fourth-order valence-electron chi connectivity index (χ4n) is 4.63. The quantitative estimate of drug-likeness (QED) is 0.182. The molecule has 9 heteroatoms. The fraction of sp³-hybridized carbons (Fsp3) is 0.323. The van der Waals surface area contributed by atoms with Gasteiger partial charge in [0.1, 0.15) is 23.5 Å². The molecule has 5 N–H and O–H groups in total. The first kappa shape index (κ1) is 31.2. The molecule has 1 aromatic heterocycles. The molecule has 0 spiro atoms. The Balaban J connectivity index is 0.00000441. The highest BCUT2D eigenvalue weighted by atomic mass is 35.5. The minimum Gasteiger partial charge on any atom is -0.507 e. The van der Waals surface area contributed by atoms with E-state index in [1.165, 1.54) is 11.3 Å². The maximum Gasteiger partial charge on any atom is 0.356 e. The average molecular weight is 581 g/mol. The van der Waals surface area contributed by atoms with Crippen molar-refractivity contribution in [3.63, 3.8) is 0 Å². The molecule has 2 heterocycles. The summed E-state index contributed by atoms with van der Waals surface area (Å²) in [5, 5.41) is 13.1. The number of hydrogen-bond donors (Lipinski definition) is 3. The van der Waals surface area contributed by atoms with Gasteiger partial charge < -0.3 is 16.6 Å². The van der Waals surface area contributed by atoms with Gasteiger partial charge in [-0.2, -0.15) is 9.48 Å². The number of hydrogen-bond acceptors (Lipinski definition) is 6. The second kappa shape index (κ2) is 11.3. The Morgan fingerprint density at radius 1 is 1.02 bits per heavy atom. The van der Waals surface area contributed by atoms with E-state index in [9.17, 15) is 9.90 Å². The molecule has 0 radical (unpaired) electrons. The smallest absolute Gasteiger partial charge is 0.356 e. The average Bonchev–Trinajstić information content (AvgIpc) is 3.51. The molecule has 4 rings (SSSR count). The van der Waals surface area contributed by atoms with Crippen LogP contribution in [0.2, 0.25) is 0 Å². The molecular formula is C31H39ClN5O2S+. The van der Waals surface area contributed by atoms with E-state index in [0.717, 1.165) is 21.6 Å².